The average Bonchev–Trinajstić information content (AvgIpc) is 2.11. The van der Waals surface area contributed by atoms with E-state index in [2.05, 4.69) is 0 Å². The van der Waals surface area contributed by atoms with Crippen LogP contribution in [-0.2, 0) is 0 Å². The van der Waals surface area contributed by atoms with Gasteiger partial charge in [0.05, 0.1) is 5.02 Å². The Hall–Kier alpha value is -0.840. The van der Waals surface area contributed by atoms with Crippen molar-refractivity contribution in [2.24, 2.45) is 11.5 Å². The molecule has 0 aliphatic rings. The lowest BCUT2D eigenvalue weighted by molar-refractivity contribution is 0.456. The van der Waals surface area contributed by atoms with Crippen molar-refractivity contribution in [3.05, 3.63) is 28.5 Å². The number of hydrogen-bond donors (Lipinski definition) is 3. The number of phenols is 1. The quantitative estimate of drug-likeness (QED) is 0.721. The zero-order valence-electron chi connectivity index (χ0n) is 7.50. The summed E-state index contributed by atoms with van der Waals surface area (Å²) >= 11 is 5.59. The lowest BCUT2D eigenvalue weighted by atomic mass is 10.0. The van der Waals surface area contributed by atoms with Gasteiger partial charge in [-0.1, -0.05) is 11.6 Å². The monoisotopic (exact) mass is 218 g/mol. The predicted octanol–water partition coefficient (Wildman–Crippen LogP) is 1.53. The lowest BCUT2D eigenvalue weighted by Gasteiger charge is -2.13. The fourth-order valence-corrected chi connectivity index (χ4v) is 1.42. The minimum atomic E-state index is -0.518. The molecule has 0 amide bonds. The van der Waals surface area contributed by atoms with E-state index in [1.807, 2.05) is 0 Å². The highest BCUT2D eigenvalue weighted by molar-refractivity contribution is 6.32. The molecule has 5 N–H and O–H groups in total. The molecular formula is C9H12ClFN2O. The molecule has 1 rings (SSSR count). The Balaban J connectivity index is 3.07. The first-order valence-electron chi connectivity index (χ1n) is 4.19. The molecule has 1 aromatic rings. The van der Waals surface area contributed by atoms with Gasteiger partial charge in [-0.05, 0) is 25.1 Å². The van der Waals surface area contributed by atoms with Gasteiger partial charge in [-0.2, -0.15) is 0 Å². The summed E-state index contributed by atoms with van der Waals surface area (Å²) in [7, 11) is 0. The average molecular weight is 219 g/mol. The van der Waals surface area contributed by atoms with Crippen molar-refractivity contribution in [3.63, 3.8) is 0 Å². The van der Waals surface area contributed by atoms with Crippen molar-refractivity contribution < 1.29 is 9.50 Å². The maximum atomic E-state index is 12.9. The van der Waals surface area contributed by atoms with Crippen LogP contribution in [0.5, 0.6) is 5.75 Å². The highest BCUT2D eigenvalue weighted by Gasteiger charge is 2.14. The van der Waals surface area contributed by atoms with Crippen molar-refractivity contribution >= 4 is 11.6 Å². The molecule has 78 valence electrons. The number of rotatable bonds is 3. The standard InChI is InChI=1S/C9H12ClFN2O/c10-7-4-5(11)3-6(9(7)14)8(13)1-2-12/h3-4,8,14H,1-2,12-13H2/t8-/m0/s1. The van der Waals surface area contributed by atoms with Crippen molar-refractivity contribution in [2.45, 2.75) is 12.5 Å². The number of aromatic hydroxyl groups is 1. The first kappa shape index (κ1) is 11.2. The molecule has 0 aliphatic heterocycles. The van der Waals surface area contributed by atoms with Gasteiger partial charge in [0.1, 0.15) is 11.6 Å². The summed E-state index contributed by atoms with van der Waals surface area (Å²) in [6.45, 7) is 0.370. The van der Waals surface area contributed by atoms with Crippen molar-refractivity contribution in [3.8, 4) is 5.75 Å². The number of phenolic OH excluding ortho intramolecular Hbond substituents is 1. The third-order valence-electron chi connectivity index (χ3n) is 1.93. The molecule has 1 atom stereocenters. The number of nitrogens with two attached hydrogens (primary N) is 2. The van der Waals surface area contributed by atoms with Gasteiger partial charge in [-0.3, -0.25) is 0 Å². The maximum absolute atomic E-state index is 12.9. The molecule has 0 saturated carbocycles. The van der Waals surface area contributed by atoms with E-state index in [1.165, 1.54) is 6.07 Å². The Morgan fingerprint density at radius 3 is 2.71 bits per heavy atom. The molecule has 14 heavy (non-hydrogen) atoms. The lowest BCUT2D eigenvalue weighted by Crippen LogP contribution is -2.15. The number of halogens is 2. The predicted molar refractivity (Wildman–Crippen MR) is 53.7 cm³/mol. The molecule has 0 heterocycles. The molecule has 0 bridgehead atoms. The van der Waals surface area contributed by atoms with Crippen LogP contribution in [0.15, 0.2) is 12.1 Å². The van der Waals surface area contributed by atoms with Gasteiger partial charge in [-0.15, -0.1) is 0 Å². The normalized spacial score (nSPS) is 12.9. The topological polar surface area (TPSA) is 72.3 Å². The van der Waals surface area contributed by atoms with E-state index in [-0.39, 0.29) is 10.8 Å². The van der Waals surface area contributed by atoms with Crippen LogP contribution in [0.3, 0.4) is 0 Å². The fourth-order valence-electron chi connectivity index (χ4n) is 1.20. The van der Waals surface area contributed by atoms with Crippen LogP contribution >= 0.6 is 11.6 Å². The second kappa shape index (κ2) is 4.59. The maximum Gasteiger partial charge on any atom is 0.139 e. The van der Waals surface area contributed by atoms with Gasteiger partial charge in [-0.25, -0.2) is 4.39 Å². The molecule has 0 radical (unpaired) electrons. The summed E-state index contributed by atoms with van der Waals surface area (Å²) < 4.78 is 12.9. The molecular weight excluding hydrogens is 207 g/mol. The van der Waals surface area contributed by atoms with E-state index >= 15 is 0 Å². The van der Waals surface area contributed by atoms with E-state index in [1.54, 1.807) is 0 Å². The Bertz CT molecular complexity index is 333. The molecule has 3 nitrogen and oxygen atoms in total. The van der Waals surface area contributed by atoms with E-state index in [0.29, 0.717) is 18.5 Å². The van der Waals surface area contributed by atoms with E-state index in [0.717, 1.165) is 6.07 Å². The first-order valence-corrected chi connectivity index (χ1v) is 4.57. The van der Waals surface area contributed by atoms with E-state index in [4.69, 9.17) is 23.1 Å². The molecule has 5 heteroatoms. The summed E-state index contributed by atoms with van der Waals surface area (Å²) in [4.78, 5) is 0. The van der Waals surface area contributed by atoms with E-state index in [9.17, 15) is 9.50 Å². The van der Waals surface area contributed by atoms with Gasteiger partial charge >= 0.3 is 0 Å². The van der Waals surface area contributed by atoms with Crippen molar-refractivity contribution in [2.75, 3.05) is 6.54 Å². The van der Waals surface area contributed by atoms with Crippen LogP contribution in [0.25, 0.3) is 0 Å². The Kier molecular flexibility index (Phi) is 3.69. The Labute approximate surface area is 86.5 Å². The summed E-state index contributed by atoms with van der Waals surface area (Å²) in [6.07, 6.45) is 0.466. The molecule has 0 aromatic heterocycles. The molecule has 0 saturated heterocycles. The highest BCUT2D eigenvalue weighted by atomic mass is 35.5. The molecule has 0 fully saturated rings. The molecule has 0 aliphatic carbocycles. The van der Waals surface area contributed by atoms with Crippen LogP contribution < -0.4 is 11.5 Å². The van der Waals surface area contributed by atoms with E-state index < -0.39 is 11.9 Å². The smallest absolute Gasteiger partial charge is 0.139 e. The molecule has 0 unspecified atom stereocenters. The van der Waals surface area contributed by atoms with Crippen LogP contribution in [0.4, 0.5) is 4.39 Å². The van der Waals surface area contributed by atoms with Crippen LogP contribution in [0.2, 0.25) is 5.02 Å². The third-order valence-corrected chi connectivity index (χ3v) is 2.22. The second-order valence-electron chi connectivity index (χ2n) is 3.01. The van der Waals surface area contributed by atoms with Gasteiger partial charge in [0, 0.05) is 11.6 Å². The van der Waals surface area contributed by atoms with Crippen LogP contribution in [0.1, 0.15) is 18.0 Å². The van der Waals surface area contributed by atoms with Gasteiger partial charge < -0.3 is 16.6 Å². The minimum absolute atomic E-state index is 0.0347. The molecule has 1 aromatic carbocycles. The van der Waals surface area contributed by atoms with Gasteiger partial charge in [0.25, 0.3) is 0 Å². The van der Waals surface area contributed by atoms with Crippen LogP contribution in [0, 0.1) is 5.82 Å². The van der Waals surface area contributed by atoms with Gasteiger partial charge in [0.15, 0.2) is 0 Å². The summed E-state index contributed by atoms with van der Waals surface area (Å²) in [6, 6.07) is 1.71. The van der Waals surface area contributed by atoms with Crippen molar-refractivity contribution in [1.82, 2.24) is 0 Å². The second-order valence-corrected chi connectivity index (χ2v) is 3.42. The fraction of sp³-hybridized carbons (Fsp3) is 0.333. The van der Waals surface area contributed by atoms with Crippen LogP contribution in [-0.4, -0.2) is 11.7 Å². The SMILES string of the molecule is NCC[C@H](N)c1cc(F)cc(Cl)c1O. The molecule has 0 spiro atoms. The summed E-state index contributed by atoms with van der Waals surface area (Å²) in [5.41, 5.74) is 11.3. The first-order chi connectivity index (χ1) is 6.56. The summed E-state index contributed by atoms with van der Waals surface area (Å²) in [5.74, 6) is -0.690. The zero-order chi connectivity index (χ0) is 10.7. The number of hydrogen-bond acceptors (Lipinski definition) is 3. The number of benzene rings is 1. The zero-order valence-corrected chi connectivity index (χ0v) is 8.26. The largest absolute Gasteiger partial charge is 0.506 e. The van der Waals surface area contributed by atoms with Crippen molar-refractivity contribution in [1.29, 1.82) is 0 Å². The third kappa shape index (κ3) is 2.35. The minimum Gasteiger partial charge on any atom is -0.506 e. The van der Waals surface area contributed by atoms with Gasteiger partial charge in [0.2, 0.25) is 0 Å². The Morgan fingerprint density at radius 1 is 1.50 bits per heavy atom. The highest BCUT2D eigenvalue weighted by Crippen LogP contribution is 2.32. The Morgan fingerprint density at radius 2 is 2.14 bits per heavy atom. The summed E-state index contributed by atoms with van der Waals surface area (Å²) in [5, 5.41) is 9.46.